The first-order valence-corrected chi connectivity index (χ1v) is 8.38. The minimum Gasteiger partial charge on any atom is -0.366 e. The number of fused-ring (bicyclic) bond motifs is 1. The molecule has 0 N–H and O–H groups in total. The molecule has 0 saturated carbocycles. The van der Waals surface area contributed by atoms with Crippen LogP contribution in [0.25, 0.3) is 0 Å². The molecule has 0 radical (unpaired) electrons. The summed E-state index contributed by atoms with van der Waals surface area (Å²) in [6, 6.07) is 15.0. The Balaban J connectivity index is 1.43. The molecule has 0 aromatic heterocycles. The van der Waals surface area contributed by atoms with Crippen molar-refractivity contribution in [1.29, 1.82) is 0 Å². The van der Waals surface area contributed by atoms with Crippen LogP contribution in [-0.2, 0) is 6.42 Å². The first kappa shape index (κ1) is 15.0. The second-order valence-corrected chi connectivity index (χ2v) is 6.24. The molecule has 0 aliphatic carbocycles. The van der Waals surface area contributed by atoms with E-state index in [2.05, 4.69) is 6.07 Å². The number of halogens is 1. The second-order valence-electron chi connectivity index (χ2n) is 6.24. The molecule has 2 heterocycles. The topological polar surface area (TPSA) is 26.8 Å². The zero-order chi connectivity index (χ0) is 16.5. The van der Waals surface area contributed by atoms with E-state index in [1.807, 2.05) is 39.0 Å². The minimum absolute atomic E-state index is 0.0631. The Labute approximate surface area is 141 Å². The lowest BCUT2D eigenvalue weighted by atomic mass is 10.2. The Morgan fingerprint density at radius 1 is 0.833 bits per heavy atom. The summed E-state index contributed by atoms with van der Waals surface area (Å²) in [4.78, 5) is 18.6. The van der Waals surface area contributed by atoms with Gasteiger partial charge >= 0.3 is 6.03 Å². The molecular formula is C19H20FN3O. The minimum atomic E-state index is -0.203. The first-order chi connectivity index (χ1) is 11.7. The highest BCUT2D eigenvalue weighted by Crippen LogP contribution is 2.29. The molecule has 2 aliphatic heterocycles. The van der Waals surface area contributed by atoms with Crippen molar-refractivity contribution in [3.8, 4) is 0 Å². The largest absolute Gasteiger partial charge is 0.366 e. The average molecular weight is 325 g/mol. The van der Waals surface area contributed by atoms with Gasteiger partial charge in [-0.1, -0.05) is 30.3 Å². The lowest BCUT2D eigenvalue weighted by Crippen LogP contribution is -2.53. The van der Waals surface area contributed by atoms with Crippen molar-refractivity contribution in [2.45, 2.75) is 6.42 Å². The Bertz CT molecular complexity index is 756. The summed E-state index contributed by atoms with van der Waals surface area (Å²) in [6.45, 7) is 3.29. The van der Waals surface area contributed by atoms with Crippen LogP contribution in [0.5, 0.6) is 0 Å². The normalized spacial score (nSPS) is 17.1. The van der Waals surface area contributed by atoms with Crippen LogP contribution in [-0.4, -0.2) is 43.7 Å². The number of urea groups is 1. The van der Waals surface area contributed by atoms with E-state index in [0.29, 0.717) is 31.9 Å². The molecule has 2 aromatic rings. The zero-order valence-corrected chi connectivity index (χ0v) is 13.5. The van der Waals surface area contributed by atoms with E-state index in [1.54, 1.807) is 12.1 Å². The van der Waals surface area contributed by atoms with Crippen molar-refractivity contribution in [1.82, 2.24) is 4.90 Å². The maximum absolute atomic E-state index is 13.9. The van der Waals surface area contributed by atoms with Gasteiger partial charge in [-0.05, 0) is 30.2 Å². The number of carbonyl (C=O) groups is 1. The summed E-state index contributed by atoms with van der Waals surface area (Å²) in [5.41, 5.74) is 2.88. The number of carbonyl (C=O) groups excluding carboxylic acids is 1. The van der Waals surface area contributed by atoms with Crippen molar-refractivity contribution in [2.24, 2.45) is 0 Å². The summed E-state index contributed by atoms with van der Waals surface area (Å²) in [6.07, 6.45) is 0.914. The van der Waals surface area contributed by atoms with Crippen LogP contribution in [0.2, 0.25) is 0 Å². The summed E-state index contributed by atoms with van der Waals surface area (Å²) in [5.74, 6) is -0.203. The molecule has 124 valence electrons. The van der Waals surface area contributed by atoms with E-state index < -0.39 is 0 Å². The fraction of sp³-hybridized carbons (Fsp3) is 0.316. The van der Waals surface area contributed by atoms with Crippen LogP contribution in [0.4, 0.5) is 20.6 Å². The molecule has 1 saturated heterocycles. The van der Waals surface area contributed by atoms with Gasteiger partial charge in [0.25, 0.3) is 0 Å². The van der Waals surface area contributed by atoms with Gasteiger partial charge in [0.2, 0.25) is 0 Å². The van der Waals surface area contributed by atoms with Gasteiger partial charge in [-0.2, -0.15) is 0 Å². The van der Waals surface area contributed by atoms with Gasteiger partial charge in [0.05, 0.1) is 5.69 Å². The van der Waals surface area contributed by atoms with Crippen molar-refractivity contribution >= 4 is 17.4 Å². The highest BCUT2D eigenvalue weighted by Gasteiger charge is 2.30. The molecule has 0 spiro atoms. The third-order valence-electron chi connectivity index (χ3n) is 4.86. The predicted molar refractivity (Wildman–Crippen MR) is 93.1 cm³/mol. The van der Waals surface area contributed by atoms with Gasteiger partial charge in [0.1, 0.15) is 5.82 Å². The number of amides is 2. The van der Waals surface area contributed by atoms with E-state index in [4.69, 9.17) is 0 Å². The molecule has 5 heteroatoms. The molecule has 4 nitrogen and oxygen atoms in total. The number of hydrogen-bond donors (Lipinski definition) is 0. The fourth-order valence-electron chi connectivity index (χ4n) is 3.55. The molecule has 24 heavy (non-hydrogen) atoms. The Kier molecular flexibility index (Phi) is 3.84. The predicted octanol–water partition coefficient (Wildman–Crippen LogP) is 3.13. The highest BCUT2D eigenvalue weighted by atomic mass is 19.1. The average Bonchev–Trinajstić information content (AvgIpc) is 3.06. The van der Waals surface area contributed by atoms with Crippen molar-refractivity contribution in [2.75, 3.05) is 42.5 Å². The van der Waals surface area contributed by atoms with Crippen LogP contribution < -0.4 is 9.80 Å². The van der Waals surface area contributed by atoms with Crippen LogP contribution in [0.1, 0.15) is 5.56 Å². The van der Waals surface area contributed by atoms with Crippen molar-refractivity contribution < 1.29 is 9.18 Å². The van der Waals surface area contributed by atoms with Gasteiger partial charge in [0, 0.05) is 38.4 Å². The number of anilines is 2. The zero-order valence-electron chi connectivity index (χ0n) is 13.5. The van der Waals surface area contributed by atoms with Gasteiger partial charge in [-0.3, -0.25) is 4.90 Å². The first-order valence-electron chi connectivity index (χ1n) is 8.38. The number of rotatable bonds is 1. The smallest absolute Gasteiger partial charge is 0.324 e. The molecule has 4 rings (SSSR count). The highest BCUT2D eigenvalue weighted by molar-refractivity contribution is 5.94. The molecule has 0 unspecified atom stereocenters. The standard InChI is InChI=1S/C19H20FN3O/c20-16-6-2-4-8-18(16)21-11-13-22(14-12-21)19(24)23-10-9-15-5-1-3-7-17(15)23/h1-8H,9-14H2. The molecule has 2 aliphatic rings. The lowest BCUT2D eigenvalue weighted by molar-refractivity contribution is 0.201. The quantitative estimate of drug-likeness (QED) is 0.805. The van der Waals surface area contributed by atoms with Gasteiger partial charge < -0.3 is 9.80 Å². The molecular weight excluding hydrogens is 305 g/mol. The van der Waals surface area contributed by atoms with Gasteiger partial charge in [0.15, 0.2) is 0 Å². The summed E-state index contributed by atoms with van der Waals surface area (Å²) >= 11 is 0. The third-order valence-corrected chi connectivity index (χ3v) is 4.86. The maximum atomic E-state index is 13.9. The van der Waals surface area contributed by atoms with Crippen LogP contribution in [0.15, 0.2) is 48.5 Å². The SMILES string of the molecule is O=C(N1CCN(c2ccccc2F)CC1)N1CCc2ccccc21. The summed E-state index contributed by atoms with van der Waals surface area (Å²) < 4.78 is 13.9. The molecule has 2 aromatic carbocycles. The third kappa shape index (κ3) is 2.60. The number of piperazine rings is 1. The Hall–Kier alpha value is -2.56. The van der Waals surface area contributed by atoms with E-state index in [9.17, 15) is 9.18 Å². The number of nitrogens with zero attached hydrogens (tertiary/aromatic N) is 3. The molecule has 0 atom stereocenters. The van der Waals surface area contributed by atoms with Crippen molar-refractivity contribution in [3.05, 3.63) is 59.9 Å². The molecule has 2 amide bonds. The van der Waals surface area contributed by atoms with E-state index in [-0.39, 0.29) is 11.8 Å². The summed E-state index contributed by atoms with van der Waals surface area (Å²) in [5, 5.41) is 0. The number of para-hydroxylation sites is 2. The number of benzene rings is 2. The monoisotopic (exact) mass is 325 g/mol. The van der Waals surface area contributed by atoms with Crippen LogP contribution in [0.3, 0.4) is 0 Å². The van der Waals surface area contributed by atoms with Gasteiger partial charge in [-0.25, -0.2) is 9.18 Å². The Morgan fingerprint density at radius 2 is 1.50 bits per heavy atom. The van der Waals surface area contributed by atoms with Gasteiger partial charge in [-0.15, -0.1) is 0 Å². The van der Waals surface area contributed by atoms with Crippen molar-refractivity contribution in [3.63, 3.8) is 0 Å². The number of hydrogen-bond acceptors (Lipinski definition) is 2. The lowest BCUT2D eigenvalue weighted by Gasteiger charge is -2.37. The fourth-order valence-corrected chi connectivity index (χ4v) is 3.55. The molecule has 1 fully saturated rings. The summed E-state index contributed by atoms with van der Waals surface area (Å²) in [7, 11) is 0. The second kappa shape index (κ2) is 6.15. The van der Waals surface area contributed by atoms with E-state index >= 15 is 0 Å². The van der Waals surface area contributed by atoms with Crippen LogP contribution in [0, 0.1) is 5.82 Å². The van der Waals surface area contributed by atoms with E-state index in [0.717, 1.165) is 18.7 Å². The maximum Gasteiger partial charge on any atom is 0.324 e. The van der Waals surface area contributed by atoms with E-state index in [1.165, 1.54) is 11.6 Å². The Morgan fingerprint density at radius 3 is 2.25 bits per heavy atom. The van der Waals surface area contributed by atoms with Crippen LogP contribution >= 0.6 is 0 Å². The molecule has 0 bridgehead atoms.